The number of esters is 1. The first-order valence-corrected chi connectivity index (χ1v) is 7.90. The van der Waals surface area contributed by atoms with E-state index in [4.69, 9.17) is 19.5 Å². The normalized spacial score (nSPS) is 16.7. The van der Waals surface area contributed by atoms with Gasteiger partial charge in [-0.1, -0.05) is 6.92 Å². The van der Waals surface area contributed by atoms with Gasteiger partial charge in [0.25, 0.3) is 0 Å². The summed E-state index contributed by atoms with van der Waals surface area (Å²) in [6.45, 7) is 6.37. The lowest BCUT2D eigenvalue weighted by molar-refractivity contribution is -0.146. The van der Waals surface area contributed by atoms with Crippen LogP contribution in [0.1, 0.15) is 27.7 Å². The molecule has 0 aromatic carbocycles. The Kier molecular flexibility index (Phi) is 8.41. The van der Waals surface area contributed by atoms with E-state index in [1.807, 2.05) is 0 Å². The molecule has 0 radical (unpaired) electrons. The van der Waals surface area contributed by atoms with Gasteiger partial charge in [0.1, 0.15) is 6.04 Å². The van der Waals surface area contributed by atoms with E-state index in [9.17, 15) is 13.8 Å². The summed E-state index contributed by atoms with van der Waals surface area (Å²) in [7, 11) is -3.93. The largest absolute Gasteiger partial charge is 0.465 e. The number of hydrogen-bond acceptors (Lipinski definition) is 6. The van der Waals surface area contributed by atoms with Crippen molar-refractivity contribution < 1.29 is 27.5 Å². The van der Waals surface area contributed by atoms with Gasteiger partial charge in [0.05, 0.1) is 19.8 Å². The van der Waals surface area contributed by atoms with Crippen LogP contribution in [0.15, 0.2) is 0 Å². The van der Waals surface area contributed by atoms with E-state index in [1.54, 1.807) is 20.8 Å². The first-order chi connectivity index (χ1) is 8.83. The van der Waals surface area contributed by atoms with Crippen molar-refractivity contribution in [3.05, 3.63) is 0 Å². The second-order valence-electron chi connectivity index (χ2n) is 3.88. The molecule has 3 atom stereocenters. The third-order valence-electron chi connectivity index (χ3n) is 2.48. The highest BCUT2D eigenvalue weighted by Gasteiger charge is 2.43. The van der Waals surface area contributed by atoms with Crippen molar-refractivity contribution >= 4 is 13.6 Å². The molecule has 0 spiro atoms. The first-order valence-electron chi connectivity index (χ1n) is 6.29. The Hall–Kier alpha value is -0.490. The van der Waals surface area contributed by atoms with Crippen LogP contribution in [-0.4, -0.2) is 37.7 Å². The van der Waals surface area contributed by atoms with E-state index in [1.165, 1.54) is 6.92 Å². The maximum Gasteiger partial charge on any atom is 0.364 e. The highest BCUT2D eigenvalue weighted by molar-refractivity contribution is 7.54. The topological polar surface area (TPSA) is 87.9 Å². The Balaban J connectivity index is 4.88. The molecule has 0 saturated carbocycles. The van der Waals surface area contributed by atoms with Crippen molar-refractivity contribution in [1.29, 1.82) is 0 Å². The monoisotopic (exact) mass is 299 g/mol. The van der Waals surface area contributed by atoms with Crippen molar-refractivity contribution in [3.63, 3.8) is 0 Å². The first kappa shape index (κ1) is 18.5. The minimum atomic E-state index is -3.93. The third kappa shape index (κ3) is 5.18. The smallest absolute Gasteiger partial charge is 0.364 e. The van der Waals surface area contributed by atoms with Crippen molar-refractivity contribution in [2.24, 2.45) is 11.7 Å². The number of carbonyl (C=O) groups is 1. The van der Waals surface area contributed by atoms with Crippen LogP contribution in [0.5, 0.6) is 0 Å². The van der Waals surface area contributed by atoms with Gasteiger partial charge in [0.2, 0.25) is 5.91 Å². The molecule has 0 aliphatic heterocycles. The quantitative estimate of drug-likeness (QED) is 0.518. The molecule has 0 fully saturated rings. The average Bonchev–Trinajstić information content (AvgIpc) is 2.37. The maximum atomic E-state index is 14.3. The molecule has 2 N–H and O–H groups in total. The standard InChI is InChI=1S/C11H23FNO5P/c1-5-16-11(14)9(13)8(4)10(12)19(15,17-6-2)18-7-3/h8-10H,5-7,13H2,1-4H3/t8-,9+,10-/m1/s1. The third-order valence-corrected chi connectivity index (χ3v) is 4.79. The fourth-order valence-electron chi connectivity index (χ4n) is 1.45. The zero-order chi connectivity index (χ0) is 15.1. The molecule has 19 heavy (non-hydrogen) atoms. The number of rotatable bonds is 9. The maximum absolute atomic E-state index is 14.3. The van der Waals surface area contributed by atoms with Gasteiger partial charge >= 0.3 is 13.6 Å². The second kappa shape index (κ2) is 8.64. The van der Waals surface area contributed by atoms with Gasteiger partial charge in [-0.3, -0.25) is 9.36 Å². The van der Waals surface area contributed by atoms with Gasteiger partial charge < -0.3 is 19.5 Å². The van der Waals surface area contributed by atoms with Crippen LogP contribution in [0.2, 0.25) is 0 Å². The van der Waals surface area contributed by atoms with E-state index >= 15 is 0 Å². The minimum absolute atomic E-state index is 0.0407. The molecule has 0 unspecified atom stereocenters. The summed E-state index contributed by atoms with van der Waals surface area (Å²) in [6, 6.07) is -1.22. The molecule has 0 aliphatic carbocycles. The van der Waals surface area contributed by atoms with Crippen LogP contribution in [0.3, 0.4) is 0 Å². The molecule has 0 saturated heterocycles. The van der Waals surface area contributed by atoms with E-state index in [0.29, 0.717) is 0 Å². The average molecular weight is 299 g/mol. The molecule has 8 heteroatoms. The van der Waals surface area contributed by atoms with Gasteiger partial charge in [-0.05, 0) is 20.8 Å². The Morgan fingerprint density at radius 2 is 1.68 bits per heavy atom. The van der Waals surface area contributed by atoms with Crippen molar-refractivity contribution in [2.45, 2.75) is 39.6 Å². The SMILES string of the molecule is CCOC(=O)[C@@H](N)[C@@H](C)[C@H](F)P(=O)(OCC)OCC. The molecule has 0 amide bonds. The number of halogens is 1. The van der Waals surface area contributed by atoms with Crippen molar-refractivity contribution in [2.75, 3.05) is 19.8 Å². The van der Waals surface area contributed by atoms with Crippen LogP contribution in [-0.2, 0) is 23.1 Å². The van der Waals surface area contributed by atoms with Gasteiger partial charge in [-0.15, -0.1) is 0 Å². The van der Waals surface area contributed by atoms with Crippen LogP contribution in [0.4, 0.5) is 4.39 Å². The molecule has 0 bridgehead atoms. The second-order valence-corrected chi connectivity index (χ2v) is 5.97. The van der Waals surface area contributed by atoms with Gasteiger partial charge in [0.15, 0.2) is 0 Å². The number of nitrogens with two attached hydrogens (primary N) is 1. The zero-order valence-corrected chi connectivity index (χ0v) is 12.7. The molecule has 0 rings (SSSR count). The summed E-state index contributed by atoms with van der Waals surface area (Å²) >= 11 is 0. The summed E-state index contributed by atoms with van der Waals surface area (Å²) < 4.78 is 41.0. The van der Waals surface area contributed by atoms with Crippen LogP contribution >= 0.6 is 7.60 Å². The molecule has 6 nitrogen and oxygen atoms in total. The van der Waals surface area contributed by atoms with Gasteiger partial charge in [0, 0.05) is 5.92 Å². The molecule has 114 valence electrons. The Labute approximate surface area is 113 Å². The number of hydrogen-bond donors (Lipinski definition) is 1. The van der Waals surface area contributed by atoms with E-state index in [-0.39, 0.29) is 19.8 Å². The molecular weight excluding hydrogens is 276 g/mol. The summed E-state index contributed by atoms with van der Waals surface area (Å²) in [6.07, 6.45) is 0. The van der Waals surface area contributed by atoms with Gasteiger partial charge in [-0.25, -0.2) is 4.39 Å². The minimum Gasteiger partial charge on any atom is -0.465 e. The molecule has 0 heterocycles. The lowest BCUT2D eigenvalue weighted by Gasteiger charge is -2.27. The molecule has 0 aliphatic rings. The highest BCUT2D eigenvalue weighted by Crippen LogP contribution is 2.56. The Morgan fingerprint density at radius 1 is 1.21 bits per heavy atom. The fourth-order valence-corrected chi connectivity index (χ4v) is 3.29. The van der Waals surface area contributed by atoms with Crippen LogP contribution in [0.25, 0.3) is 0 Å². The molecule has 0 aromatic rings. The van der Waals surface area contributed by atoms with E-state index < -0.39 is 31.4 Å². The lowest BCUT2D eigenvalue weighted by atomic mass is 10.1. The highest BCUT2D eigenvalue weighted by atomic mass is 31.2. The zero-order valence-electron chi connectivity index (χ0n) is 11.8. The predicted molar refractivity (Wildman–Crippen MR) is 69.5 cm³/mol. The Bertz CT molecular complexity index is 318. The number of carbonyl (C=O) groups excluding carboxylic acids is 1. The summed E-state index contributed by atoms with van der Waals surface area (Å²) in [5.74, 6) is -3.76. The van der Waals surface area contributed by atoms with E-state index in [0.717, 1.165) is 0 Å². The van der Waals surface area contributed by atoms with Crippen molar-refractivity contribution in [1.82, 2.24) is 0 Å². The van der Waals surface area contributed by atoms with Crippen LogP contribution < -0.4 is 5.73 Å². The lowest BCUT2D eigenvalue weighted by Crippen LogP contribution is -2.42. The van der Waals surface area contributed by atoms with Gasteiger partial charge in [-0.2, -0.15) is 0 Å². The number of alkyl halides is 1. The Morgan fingerprint density at radius 3 is 2.05 bits per heavy atom. The van der Waals surface area contributed by atoms with Crippen molar-refractivity contribution in [3.8, 4) is 0 Å². The summed E-state index contributed by atoms with van der Waals surface area (Å²) in [5.41, 5.74) is 5.59. The molecular formula is C11H23FNO5P. The predicted octanol–water partition coefficient (Wildman–Crippen LogP) is 2.07. The summed E-state index contributed by atoms with van der Waals surface area (Å²) in [5, 5.41) is 0. The summed E-state index contributed by atoms with van der Waals surface area (Å²) in [4.78, 5) is 11.4. The molecule has 0 aromatic heterocycles. The fraction of sp³-hybridized carbons (Fsp3) is 0.909. The van der Waals surface area contributed by atoms with E-state index in [2.05, 4.69) is 0 Å². The number of ether oxygens (including phenoxy) is 1. The van der Waals surface area contributed by atoms with Crippen LogP contribution in [0, 0.1) is 5.92 Å².